The van der Waals surface area contributed by atoms with Gasteiger partial charge in [0.05, 0.1) is 6.42 Å². The molecule has 7 nitrogen and oxygen atoms in total. The molecule has 2 aromatic carbocycles. The first-order valence-electron chi connectivity index (χ1n) is 8.18. The number of carbonyl (C=O) groups is 1. The third kappa shape index (κ3) is 3.23. The topological polar surface area (TPSA) is 86.5 Å². The van der Waals surface area contributed by atoms with Crippen molar-refractivity contribution >= 4 is 11.9 Å². The van der Waals surface area contributed by atoms with Gasteiger partial charge in [-0.3, -0.25) is 10.1 Å². The van der Waals surface area contributed by atoms with Gasteiger partial charge in [-0.1, -0.05) is 28.9 Å². The first-order valence-corrected chi connectivity index (χ1v) is 8.18. The fraction of sp³-hybridized carbons (Fsp3) is 0.211. The summed E-state index contributed by atoms with van der Waals surface area (Å²) in [5.74, 6) is 1.39. The van der Waals surface area contributed by atoms with E-state index in [9.17, 15) is 4.79 Å². The molecule has 7 heteroatoms. The molecule has 132 valence electrons. The second-order valence-corrected chi connectivity index (χ2v) is 6.14. The van der Waals surface area contributed by atoms with Crippen LogP contribution in [0.2, 0.25) is 0 Å². The van der Waals surface area contributed by atoms with Gasteiger partial charge in [0.1, 0.15) is 0 Å². The largest absolute Gasteiger partial charge is 0.454 e. The highest BCUT2D eigenvalue weighted by molar-refractivity contribution is 5.90. The molecule has 0 fully saturated rings. The molecule has 1 aromatic heterocycles. The maximum absolute atomic E-state index is 12.3. The lowest BCUT2D eigenvalue weighted by Gasteiger charge is -2.06. The van der Waals surface area contributed by atoms with Crippen LogP contribution in [-0.4, -0.2) is 22.9 Å². The van der Waals surface area contributed by atoms with E-state index in [1.54, 1.807) is 18.2 Å². The molecular formula is C19H17N3O4. The number of rotatable bonds is 4. The van der Waals surface area contributed by atoms with Crippen molar-refractivity contribution < 1.29 is 18.7 Å². The lowest BCUT2D eigenvalue weighted by molar-refractivity contribution is -0.115. The van der Waals surface area contributed by atoms with E-state index < -0.39 is 0 Å². The fourth-order valence-corrected chi connectivity index (χ4v) is 2.75. The molecule has 1 N–H and O–H groups in total. The highest BCUT2D eigenvalue weighted by atomic mass is 16.7. The summed E-state index contributed by atoms with van der Waals surface area (Å²) < 4.78 is 16.2. The van der Waals surface area contributed by atoms with Crippen molar-refractivity contribution in [1.29, 1.82) is 0 Å². The molecule has 0 saturated carbocycles. The van der Waals surface area contributed by atoms with Gasteiger partial charge in [-0.25, -0.2) is 0 Å². The minimum absolute atomic E-state index is 0.0629. The highest BCUT2D eigenvalue weighted by Gasteiger charge is 2.17. The molecule has 0 saturated heterocycles. The smallest absolute Gasteiger partial charge is 0.322 e. The molecule has 0 unspecified atom stereocenters. The van der Waals surface area contributed by atoms with Crippen LogP contribution in [0.25, 0.3) is 11.5 Å². The summed E-state index contributed by atoms with van der Waals surface area (Å²) in [6.07, 6.45) is 0.245. The number of hydrogen-bond donors (Lipinski definition) is 1. The Balaban J connectivity index is 1.46. The Hall–Kier alpha value is -3.35. The second kappa shape index (κ2) is 6.51. The van der Waals surface area contributed by atoms with E-state index in [1.807, 2.05) is 32.0 Å². The number of nitrogens with zero attached hydrogens (tertiary/aromatic N) is 2. The SMILES string of the molecule is Cc1ccc(C)c(CC(=O)Nc2nnc(-c3ccc4c(c3)OCO4)o2)c1. The van der Waals surface area contributed by atoms with Gasteiger partial charge in [-0.15, -0.1) is 5.10 Å². The third-order valence-electron chi connectivity index (χ3n) is 4.15. The average Bonchev–Trinajstić information content (AvgIpc) is 3.26. The van der Waals surface area contributed by atoms with Gasteiger partial charge < -0.3 is 13.9 Å². The molecule has 0 atom stereocenters. The minimum Gasteiger partial charge on any atom is -0.454 e. The van der Waals surface area contributed by atoms with Crippen molar-refractivity contribution in [3.63, 3.8) is 0 Å². The number of aromatic nitrogens is 2. The molecule has 1 aliphatic rings. The van der Waals surface area contributed by atoms with Crippen LogP contribution in [0.5, 0.6) is 11.5 Å². The Labute approximate surface area is 150 Å². The van der Waals surface area contributed by atoms with Crippen LogP contribution in [0.4, 0.5) is 6.01 Å². The van der Waals surface area contributed by atoms with Crippen molar-refractivity contribution in [1.82, 2.24) is 10.2 Å². The van der Waals surface area contributed by atoms with E-state index in [1.165, 1.54) is 0 Å². The zero-order valence-electron chi connectivity index (χ0n) is 14.4. The van der Waals surface area contributed by atoms with Crippen molar-refractivity contribution in [2.75, 3.05) is 12.1 Å². The van der Waals surface area contributed by atoms with Crippen LogP contribution >= 0.6 is 0 Å². The molecular weight excluding hydrogens is 334 g/mol. The number of ether oxygens (including phenoxy) is 2. The maximum Gasteiger partial charge on any atom is 0.322 e. The number of nitrogens with one attached hydrogen (secondary N) is 1. The summed E-state index contributed by atoms with van der Waals surface area (Å²) in [5.41, 5.74) is 3.84. The van der Waals surface area contributed by atoms with E-state index in [0.29, 0.717) is 23.0 Å². The Morgan fingerprint density at radius 1 is 1.08 bits per heavy atom. The molecule has 1 amide bonds. The fourth-order valence-electron chi connectivity index (χ4n) is 2.75. The molecule has 4 rings (SSSR count). The predicted molar refractivity (Wildman–Crippen MR) is 94.1 cm³/mol. The predicted octanol–water partition coefficient (Wildman–Crippen LogP) is 3.26. The van der Waals surface area contributed by atoms with E-state index >= 15 is 0 Å². The van der Waals surface area contributed by atoms with Crippen molar-refractivity contribution in [3.05, 3.63) is 53.1 Å². The van der Waals surface area contributed by atoms with Crippen LogP contribution < -0.4 is 14.8 Å². The first-order chi connectivity index (χ1) is 12.6. The Bertz CT molecular complexity index is 981. The zero-order valence-corrected chi connectivity index (χ0v) is 14.4. The van der Waals surface area contributed by atoms with E-state index in [0.717, 1.165) is 16.7 Å². The van der Waals surface area contributed by atoms with Crippen molar-refractivity contribution in [2.45, 2.75) is 20.3 Å². The monoisotopic (exact) mass is 351 g/mol. The molecule has 3 aromatic rings. The molecule has 26 heavy (non-hydrogen) atoms. The summed E-state index contributed by atoms with van der Waals surface area (Å²) in [4.78, 5) is 12.3. The number of hydrogen-bond acceptors (Lipinski definition) is 6. The lowest BCUT2D eigenvalue weighted by atomic mass is 10.0. The summed E-state index contributed by atoms with van der Waals surface area (Å²) >= 11 is 0. The van der Waals surface area contributed by atoms with Crippen LogP contribution in [-0.2, 0) is 11.2 Å². The highest BCUT2D eigenvalue weighted by Crippen LogP contribution is 2.35. The van der Waals surface area contributed by atoms with Crippen LogP contribution in [0, 0.1) is 13.8 Å². The van der Waals surface area contributed by atoms with Crippen LogP contribution in [0.1, 0.15) is 16.7 Å². The number of carbonyl (C=O) groups excluding carboxylic acids is 1. The summed E-state index contributed by atoms with van der Waals surface area (Å²) in [7, 11) is 0. The van der Waals surface area contributed by atoms with Gasteiger partial charge >= 0.3 is 6.01 Å². The standard InChI is InChI=1S/C19H17N3O4/c1-11-3-4-12(2)14(7-11)9-17(23)20-19-22-21-18(26-19)13-5-6-15-16(8-13)25-10-24-15/h3-8H,9-10H2,1-2H3,(H,20,22,23). The zero-order chi connectivity index (χ0) is 18.1. The maximum atomic E-state index is 12.3. The van der Waals surface area contributed by atoms with E-state index in [-0.39, 0.29) is 25.1 Å². The Kier molecular flexibility index (Phi) is 4.04. The molecule has 1 aliphatic heterocycles. The lowest BCUT2D eigenvalue weighted by Crippen LogP contribution is -2.15. The normalized spacial score (nSPS) is 12.2. The molecule has 0 spiro atoms. The number of fused-ring (bicyclic) bond motifs is 1. The van der Waals surface area contributed by atoms with Crippen LogP contribution in [0.3, 0.4) is 0 Å². The van der Waals surface area contributed by atoms with Gasteiger partial charge in [0, 0.05) is 5.56 Å². The van der Waals surface area contributed by atoms with E-state index in [2.05, 4.69) is 15.5 Å². The summed E-state index contributed by atoms with van der Waals surface area (Å²) in [5, 5.41) is 10.5. The van der Waals surface area contributed by atoms with Gasteiger partial charge in [0.25, 0.3) is 0 Å². The first kappa shape index (κ1) is 16.1. The Morgan fingerprint density at radius 2 is 1.92 bits per heavy atom. The number of benzene rings is 2. The number of amides is 1. The third-order valence-corrected chi connectivity index (χ3v) is 4.15. The molecule has 0 bridgehead atoms. The minimum atomic E-state index is -0.209. The molecule has 2 heterocycles. The number of anilines is 1. The Morgan fingerprint density at radius 3 is 2.81 bits per heavy atom. The quantitative estimate of drug-likeness (QED) is 0.776. The van der Waals surface area contributed by atoms with Crippen molar-refractivity contribution in [3.8, 4) is 23.0 Å². The van der Waals surface area contributed by atoms with E-state index in [4.69, 9.17) is 13.9 Å². The second-order valence-electron chi connectivity index (χ2n) is 6.14. The van der Waals surface area contributed by atoms with Gasteiger partial charge in [-0.05, 0) is 43.2 Å². The molecule has 0 aliphatic carbocycles. The average molecular weight is 351 g/mol. The summed E-state index contributed by atoms with van der Waals surface area (Å²) in [6, 6.07) is 11.4. The number of aryl methyl sites for hydroxylation is 2. The summed E-state index contributed by atoms with van der Waals surface area (Å²) in [6.45, 7) is 4.17. The van der Waals surface area contributed by atoms with Gasteiger partial charge in [0.15, 0.2) is 11.5 Å². The van der Waals surface area contributed by atoms with Gasteiger partial charge in [-0.2, -0.15) is 0 Å². The molecule has 0 radical (unpaired) electrons. The van der Waals surface area contributed by atoms with Crippen molar-refractivity contribution in [2.24, 2.45) is 0 Å². The van der Waals surface area contributed by atoms with Gasteiger partial charge in [0.2, 0.25) is 18.6 Å². The van der Waals surface area contributed by atoms with Crippen LogP contribution in [0.15, 0.2) is 40.8 Å².